The smallest absolute Gasteiger partial charge is 0.207 e. The van der Waals surface area contributed by atoms with E-state index >= 15 is 0 Å². The fraction of sp³-hybridized carbons (Fsp3) is 0.143. The molecule has 0 aliphatic heterocycles. The summed E-state index contributed by atoms with van der Waals surface area (Å²) in [4.78, 5) is 0. The molecule has 0 atom stereocenters. The minimum Gasteiger partial charge on any atom is -0.451 e. The molecule has 0 amide bonds. The molecule has 7 heteroatoms. The van der Waals surface area contributed by atoms with Gasteiger partial charge in [0.1, 0.15) is 5.75 Å². The maximum Gasteiger partial charge on any atom is 0.207 e. The summed E-state index contributed by atoms with van der Waals surface area (Å²) in [5.41, 5.74) is 0.721. The quantitative estimate of drug-likeness (QED) is 0.525. The second-order valence-electron chi connectivity index (χ2n) is 4.18. The van der Waals surface area contributed by atoms with E-state index in [4.69, 9.17) is 4.74 Å². The number of hydrogen-bond acceptors (Lipinski definition) is 2. The van der Waals surface area contributed by atoms with Crippen molar-refractivity contribution in [2.75, 3.05) is 7.05 Å². The Morgan fingerprint density at radius 1 is 0.905 bits per heavy atom. The first kappa shape index (κ1) is 15.2. The molecule has 0 saturated carbocycles. The summed E-state index contributed by atoms with van der Waals surface area (Å²) in [5, 5.41) is 2.85. The Morgan fingerprint density at radius 2 is 1.48 bits per heavy atom. The van der Waals surface area contributed by atoms with Crippen molar-refractivity contribution in [1.82, 2.24) is 5.32 Å². The van der Waals surface area contributed by atoms with E-state index in [0.717, 1.165) is 5.56 Å². The van der Waals surface area contributed by atoms with Crippen molar-refractivity contribution in [1.29, 1.82) is 0 Å². The van der Waals surface area contributed by atoms with Gasteiger partial charge in [0.15, 0.2) is 0 Å². The van der Waals surface area contributed by atoms with Crippen LogP contribution in [0.3, 0.4) is 0 Å². The highest BCUT2D eigenvalue weighted by atomic mass is 19.2. The molecule has 112 valence electrons. The maximum absolute atomic E-state index is 13.5. The molecule has 0 bridgehead atoms. The van der Waals surface area contributed by atoms with E-state index < -0.39 is 34.8 Å². The fourth-order valence-corrected chi connectivity index (χ4v) is 1.72. The average Bonchev–Trinajstić information content (AvgIpc) is 2.48. The SMILES string of the molecule is CNCc1cccc(Oc2c(F)c(F)c(F)c(F)c2F)c1. The van der Waals surface area contributed by atoms with Gasteiger partial charge in [-0.1, -0.05) is 12.1 Å². The van der Waals surface area contributed by atoms with Crippen LogP contribution in [0.1, 0.15) is 5.56 Å². The van der Waals surface area contributed by atoms with Crippen molar-refractivity contribution in [3.63, 3.8) is 0 Å². The number of hydrogen-bond donors (Lipinski definition) is 1. The molecule has 2 aromatic rings. The molecule has 0 aliphatic carbocycles. The van der Waals surface area contributed by atoms with Crippen molar-refractivity contribution in [3.05, 3.63) is 58.9 Å². The molecule has 0 heterocycles. The minimum absolute atomic E-state index is 0.0361. The monoisotopic (exact) mass is 303 g/mol. The summed E-state index contributed by atoms with van der Waals surface area (Å²) in [6, 6.07) is 6.02. The third kappa shape index (κ3) is 2.97. The molecule has 2 aromatic carbocycles. The Bertz CT molecular complexity index is 646. The Balaban J connectivity index is 2.42. The predicted molar refractivity (Wildman–Crippen MR) is 65.5 cm³/mol. The molecule has 0 aliphatic rings. The van der Waals surface area contributed by atoms with Gasteiger partial charge in [0.25, 0.3) is 0 Å². The molecule has 0 fully saturated rings. The second-order valence-corrected chi connectivity index (χ2v) is 4.18. The van der Waals surface area contributed by atoms with Gasteiger partial charge in [0, 0.05) is 6.54 Å². The van der Waals surface area contributed by atoms with Gasteiger partial charge in [-0.25, -0.2) is 13.2 Å². The second kappa shape index (κ2) is 6.09. The molecule has 1 N–H and O–H groups in total. The number of rotatable bonds is 4. The molecule has 0 radical (unpaired) electrons. The average molecular weight is 303 g/mol. The lowest BCUT2D eigenvalue weighted by molar-refractivity contribution is 0.332. The van der Waals surface area contributed by atoms with Crippen LogP contribution in [0.2, 0.25) is 0 Å². The molecule has 2 rings (SSSR count). The van der Waals surface area contributed by atoms with Crippen LogP contribution in [0.5, 0.6) is 11.5 Å². The molecular weight excluding hydrogens is 293 g/mol. The molecule has 0 saturated heterocycles. The van der Waals surface area contributed by atoms with Gasteiger partial charge in [-0.05, 0) is 24.7 Å². The van der Waals surface area contributed by atoms with Crippen LogP contribution in [0.4, 0.5) is 22.0 Å². The van der Waals surface area contributed by atoms with Crippen molar-refractivity contribution in [2.45, 2.75) is 6.54 Å². The van der Waals surface area contributed by atoms with E-state index in [9.17, 15) is 22.0 Å². The largest absolute Gasteiger partial charge is 0.451 e. The van der Waals surface area contributed by atoms with E-state index in [1.54, 1.807) is 13.1 Å². The molecule has 2 nitrogen and oxygen atoms in total. The lowest BCUT2D eigenvalue weighted by Gasteiger charge is -2.11. The third-order valence-corrected chi connectivity index (χ3v) is 2.67. The highest BCUT2D eigenvalue weighted by Crippen LogP contribution is 2.32. The van der Waals surface area contributed by atoms with Crippen molar-refractivity contribution in [2.24, 2.45) is 0 Å². The van der Waals surface area contributed by atoms with Crippen LogP contribution in [0, 0.1) is 29.1 Å². The first-order valence-corrected chi connectivity index (χ1v) is 5.88. The highest BCUT2D eigenvalue weighted by molar-refractivity contribution is 5.36. The summed E-state index contributed by atoms with van der Waals surface area (Å²) in [7, 11) is 1.69. The summed E-state index contributed by atoms with van der Waals surface area (Å²) in [6.45, 7) is 0.453. The standard InChI is InChI=1S/C14H10F5NO/c1-20-6-7-3-2-4-8(5-7)21-14-12(18)10(16)9(15)11(17)13(14)19/h2-5,20H,6H2,1H3. The Morgan fingerprint density at radius 3 is 2.05 bits per heavy atom. The maximum atomic E-state index is 13.5. The van der Waals surface area contributed by atoms with Crippen LogP contribution in [-0.2, 0) is 6.54 Å². The molecule has 21 heavy (non-hydrogen) atoms. The van der Waals surface area contributed by atoms with Crippen LogP contribution >= 0.6 is 0 Å². The lowest BCUT2D eigenvalue weighted by Crippen LogP contribution is -2.06. The first-order chi connectivity index (χ1) is 9.95. The van der Waals surface area contributed by atoms with E-state index in [1.165, 1.54) is 18.2 Å². The van der Waals surface area contributed by atoms with E-state index in [1.807, 2.05) is 0 Å². The first-order valence-electron chi connectivity index (χ1n) is 5.88. The number of benzene rings is 2. The van der Waals surface area contributed by atoms with Gasteiger partial charge in [0.05, 0.1) is 0 Å². The molecule has 0 unspecified atom stereocenters. The van der Waals surface area contributed by atoms with Crippen LogP contribution < -0.4 is 10.1 Å². The van der Waals surface area contributed by atoms with Crippen LogP contribution in [0.15, 0.2) is 24.3 Å². The van der Waals surface area contributed by atoms with Gasteiger partial charge in [-0.2, -0.15) is 8.78 Å². The van der Waals surface area contributed by atoms with Crippen molar-refractivity contribution < 1.29 is 26.7 Å². The summed E-state index contributed by atoms with van der Waals surface area (Å²) in [5.74, 6) is -11.7. The van der Waals surface area contributed by atoms with Crippen LogP contribution in [-0.4, -0.2) is 7.05 Å². The van der Waals surface area contributed by atoms with E-state index in [-0.39, 0.29) is 5.75 Å². The number of halogens is 5. The zero-order valence-corrected chi connectivity index (χ0v) is 10.8. The zero-order valence-electron chi connectivity index (χ0n) is 10.8. The lowest BCUT2D eigenvalue weighted by atomic mass is 10.2. The summed E-state index contributed by atoms with van der Waals surface area (Å²) in [6.07, 6.45) is 0. The highest BCUT2D eigenvalue weighted by Gasteiger charge is 2.27. The molecule has 0 aromatic heterocycles. The number of ether oxygens (including phenoxy) is 1. The van der Waals surface area contributed by atoms with Crippen molar-refractivity contribution >= 4 is 0 Å². The molecular formula is C14H10F5NO. The zero-order chi connectivity index (χ0) is 15.6. The normalized spacial score (nSPS) is 10.8. The van der Waals surface area contributed by atoms with Crippen LogP contribution in [0.25, 0.3) is 0 Å². The third-order valence-electron chi connectivity index (χ3n) is 2.67. The van der Waals surface area contributed by atoms with Crippen molar-refractivity contribution in [3.8, 4) is 11.5 Å². The Labute approximate surface area is 117 Å². The summed E-state index contributed by atoms with van der Waals surface area (Å²) >= 11 is 0. The van der Waals surface area contributed by atoms with Gasteiger partial charge >= 0.3 is 0 Å². The van der Waals surface area contributed by atoms with Gasteiger partial charge in [-0.3, -0.25) is 0 Å². The van der Waals surface area contributed by atoms with E-state index in [2.05, 4.69) is 5.32 Å². The van der Waals surface area contributed by atoms with E-state index in [0.29, 0.717) is 6.54 Å². The fourth-order valence-electron chi connectivity index (χ4n) is 1.72. The predicted octanol–water partition coefficient (Wildman–Crippen LogP) is 3.89. The Hall–Kier alpha value is -2.15. The Kier molecular flexibility index (Phi) is 4.42. The number of nitrogens with one attached hydrogen (secondary N) is 1. The summed E-state index contributed by atoms with van der Waals surface area (Å²) < 4.78 is 70.8. The molecule has 0 spiro atoms. The topological polar surface area (TPSA) is 21.3 Å². The van der Waals surface area contributed by atoms with Gasteiger partial charge in [0.2, 0.25) is 34.8 Å². The minimum atomic E-state index is -2.22. The van der Waals surface area contributed by atoms with Gasteiger partial charge in [-0.15, -0.1) is 0 Å². The van der Waals surface area contributed by atoms with Gasteiger partial charge < -0.3 is 10.1 Å².